The van der Waals surface area contributed by atoms with Gasteiger partial charge in [0.05, 0.1) is 13.7 Å². The number of nitrogens with one attached hydrogen (secondary N) is 1. The van der Waals surface area contributed by atoms with Crippen LogP contribution in [0.25, 0.3) is 0 Å². The van der Waals surface area contributed by atoms with Crippen molar-refractivity contribution < 1.29 is 9.13 Å². The molecule has 1 atom stereocenters. The highest BCUT2D eigenvalue weighted by molar-refractivity contribution is 5.30. The van der Waals surface area contributed by atoms with Gasteiger partial charge in [-0.25, -0.2) is 4.39 Å². The molecule has 0 saturated heterocycles. The Hall–Kier alpha value is -1.88. The summed E-state index contributed by atoms with van der Waals surface area (Å²) in [5.41, 5.74) is 0.902. The quantitative estimate of drug-likeness (QED) is 0.869. The Morgan fingerprint density at radius 2 is 2.32 bits per heavy atom. The predicted molar refractivity (Wildman–Crippen MR) is 71.6 cm³/mol. The fourth-order valence-electron chi connectivity index (χ4n) is 1.90. The van der Waals surface area contributed by atoms with Gasteiger partial charge in [-0.05, 0) is 30.7 Å². The van der Waals surface area contributed by atoms with E-state index in [0.717, 1.165) is 18.7 Å². The van der Waals surface area contributed by atoms with Gasteiger partial charge in [0.2, 0.25) is 0 Å². The SMILES string of the molecule is COc1ccc(C(C)NCCn2cccn2)cc1F. The highest BCUT2D eigenvalue weighted by Crippen LogP contribution is 2.21. The van der Waals surface area contributed by atoms with Crippen molar-refractivity contribution in [2.75, 3.05) is 13.7 Å². The average Bonchev–Trinajstić information content (AvgIpc) is 2.91. The molecule has 2 aromatic rings. The fraction of sp³-hybridized carbons (Fsp3) is 0.357. The molecule has 1 aromatic carbocycles. The molecule has 0 aliphatic rings. The molecule has 0 aliphatic heterocycles. The summed E-state index contributed by atoms with van der Waals surface area (Å²) >= 11 is 0. The Morgan fingerprint density at radius 1 is 1.47 bits per heavy atom. The van der Waals surface area contributed by atoms with Gasteiger partial charge in [-0.1, -0.05) is 6.07 Å². The zero-order valence-corrected chi connectivity index (χ0v) is 11.1. The van der Waals surface area contributed by atoms with Gasteiger partial charge in [0.1, 0.15) is 0 Å². The molecule has 5 heteroatoms. The molecule has 0 amide bonds. The monoisotopic (exact) mass is 263 g/mol. The van der Waals surface area contributed by atoms with Crippen molar-refractivity contribution in [1.82, 2.24) is 15.1 Å². The highest BCUT2D eigenvalue weighted by atomic mass is 19.1. The van der Waals surface area contributed by atoms with Crippen molar-refractivity contribution in [1.29, 1.82) is 0 Å². The van der Waals surface area contributed by atoms with Crippen LogP contribution in [0.15, 0.2) is 36.7 Å². The van der Waals surface area contributed by atoms with Crippen molar-refractivity contribution in [3.05, 3.63) is 48.0 Å². The molecule has 1 unspecified atom stereocenters. The molecule has 0 saturated carbocycles. The lowest BCUT2D eigenvalue weighted by molar-refractivity contribution is 0.385. The topological polar surface area (TPSA) is 39.1 Å². The molecule has 102 valence electrons. The van der Waals surface area contributed by atoms with Crippen LogP contribution in [0.2, 0.25) is 0 Å². The van der Waals surface area contributed by atoms with Crippen molar-refractivity contribution in [2.45, 2.75) is 19.5 Å². The standard InChI is InChI=1S/C14H18FN3O/c1-11(16-7-9-18-8-3-6-17-18)12-4-5-14(19-2)13(15)10-12/h3-6,8,10-11,16H,7,9H2,1-2H3. The van der Waals surface area contributed by atoms with Gasteiger partial charge in [0.25, 0.3) is 0 Å². The molecular weight excluding hydrogens is 245 g/mol. The number of nitrogens with zero attached hydrogens (tertiary/aromatic N) is 2. The third-order valence-corrected chi connectivity index (χ3v) is 3.03. The zero-order valence-electron chi connectivity index (χ0n) is 11.1. The van der Waals surface area contributed by atoms with Crippen LogP contribution >= 0.6 is 0 Å². The highest BCUT2D eigenvalue weighted by Gasteiger charge is 2.08. The van der Waals surface area contributed by atoms with Crippen LogP contribution in [0.3, 0.4) is 0 Å². The van der Waals surface area contributed by atoms with Crippen LogP contribution in [0.4, 0.5) is 4.39 Å². The lowest BCUT2D eigenvalue weighted by Crippen LogP contribution is -2.23. The van der Waals surface area contributed by atoms with Gasteiger partial charge < -0.3 is 10.1 Å². The summed E-state index contributed by atoms with van der Waals surface area (Å²) in [4.78, 5) is 0. The number of rotatable bonds is 6. The molecule has 0 fully saturated rings. The Morgan fingerprint density at radius 3 is 2.95 bits per heavy atom. The molecule has 0 spiro atoms. The maximum Gasteiger partial charge on any atom is 0.165 e. The third kappa shape index (κ3) is 3.54. The summed E-state index contributed by atoms with van der Waals surface area (Å²) in [5, 5.41) is 7.46. The predicted octanol–water partition coefficient (Wildman–Crippen LogP) is 2.38. The van der Waals surface area contributed by atoms with Crippen LogP contribution < -0.4 is 10.1 Å². The maximum absolute atomic E-state index is 13.6. The van der Waals surface area contributed by atoms with Crippen molar-refractivity contribution in [3.63, 3.8) is 0 Å². The first-order valence-corrected chi connectivity index (χ1v) is 6.25. The van der Waals surface area contributed by atoms with Gasteiger partial charge in [-0.15, -0.1) is 0 Å². The number of hydrogen-bond donors (Lipinski definition) is 1. The molecular formula is C14H18FN3O. The number of ether oxygens (including phenoxy) is 1. The van der Waals surface area contributed by atoms with Gasteiger partial charge in [0.15, 0.2) is 11.6 Å². The second kappa shape index (κ2) is 6.33. The summed E-state index contributed by atoms with van der Waals surface area (Å²) in [6, 6.07) is 6.99. The van der Waals surface area contributed by atoms with Gasteiger partial charge in [-0.2, -0.15) is 5.10 Å². The van der Waals surface area contributed by atoms with Gasteiger partial charge in [0, 0.05) is 25.0 Å². The van der Waals surface area contributed by atoms with E-state index >= 15 is 0 Å². The smallest absolute Gasteiger partial charge is 0.165 e. The van der Waals surface area contributed by atoms with E-state index in [1.807, 2.05) is 29.9 Å². The van der Waals surface area contributed by atoms with Crippen molar-refractivity contribution in [2.24, 2.45) is 0 Å². The summed E-state index contributed by atoms with van der Waals surface area (Å²) in [7, 11) is 1.46. The van der Waals surface area contributed by atoms with Crippen LogP contribution in [0, 0.1) is 5.82 Å². The number of halogens is 1. The van der Waals surface area contributed by atoms with Gasteiger partial charge in [-0.3, -0.25) is 4.68 Å². The number of aromatic nitrogens is 2. The summed E-state index contributed by atoms with van der Waals surface area (Å²) in [5.74, 6) is -0.0618. The molecule has 2 rings (SSSR count). The van der Waals surface area contributed by atoms with Crippen molar-refractivity contribution >= 4 is 0 Å². The molecule has 19 heavy (non-hydrogen) atoms. The second-order valence-electron chi connectivity index (χ2n) is 4.34. The first kappa shape index (κ1) is 13.5. The molecule has 1 aromatic heterocycles. The number of methoxy groups -OCH3 is 1. The van der Waals surface area contributed by atoms with E-state index in [0.29, 0.717) is 0 Å². The minimum absolute atomic E-state index is 0.0796. The van der Waals surface area contributed by atoms with E-state index in [2.05, 4.69) is 10.4 Å². The van der Waals surface area contributed by atoms with Crippen LogP contribution in [-0.4, -0.2) is 23.4 Å². The second-order valence-corrected chi connectivity index (χ2v) is 4.34. The van der Waals surface area contributed by atoms with Crippen LogP contribution in [0.1, 0.15) is 18.5 Å². The third-order valence-electron chi connectivity index (χ3n) is 3.03. The summed E-state index contributed by atoms with van der Waals surface area (Å²) in [6.07, 6.45) is 3.67. The van der Waals surface area contributed by atoms with E-state index < -0.39 is 0 Å². The maximum atomic E-state index is 13.6. The largest absolute Gasteiger partial charge is 0.494 e. The Kier molecular flexibility index (Phi) is 4.52. The minimum Gasteiger partial charge on any atom is -0.494 e. The molecule has 0 aliphatic carbocycles. The number of hydrogen-bond acceptors (Lipinski definition) is 3. The molecule has 4 nitrogen and oxygen atoms in total. The minimum atomic E-state index is -0.333. The first-order valence-electron chi connectivity index (χ1n) is 6.25. The van der Waals surface area contributed by atoms with Crippen molar-refractivity contribution in [3.8, 4) is 5.75 Å². The normalized spacial score (nSPS) is 12.4. The summed E-state index contributed by atoms with van der Waals surface area (Å²) in [6.45, 7) is 3.57. The Balaban J connectivity index is 1.88. The molecule has 1 heterocycles. The zero-order chi connectivity index (χ0) is 13.7. The molecule has 1 N–H and O–H groups in total. The lowest BCUT2D eigenvalue weighted by atomic mass is 10.1. The Labute approximate surface area is 112 Å². The molecule has 0 radical (unpaired) electrons. The van der Waals surface area contributed by atoms with E-state index in [1.54, 1.807) is 12.3 Å². The summed E-state index contributed by atoms with van der Waals surface area (Å²) < 4.78 is 20.3. The first-order chi connectivity index (χ1) is 9.20. The lowest BCUT2D eigenvalue weighted by Gasteiger charge is -2.15. The van der Waals surface area contributed by atoms with Crippen LogP contribution in [-0.2, 0) is 6.54 Å². The average molecular weight is 263 g/mol. The van der Waals surface area contributed by atoms with Crippen LogP contribution in [0.5, 0.6) is 5.75 Å². The molecule has 0 bridgehead atoms. The Bertz CT molecular complexity index is 513. The number of benzene rings is 1. The fourth-order valence-corrected chi connectivity index (χ4v) is 1.90. The van der Waals surface area contributed by atoms with E-state index in [9.17, 15) is 4.39 Å². The van der Waals surface area contributed by atoms with Gasteiger partial charge >= 0.3 is 0 Å². The van der Waals surface area contributed by atoms with E-state index in [4.69, 9.17) is 4.74 Å². The van der Waals surface area contributed by atoms with E-state index in [-0.39, 0.29) is 17.6 Å². The van der Waals surface area contributed by atoms with E-state index in [1.165, 1.54) is 13.2 Å².